The van der Waals surface area contributed by atoms with E-state index in [0.717, 1.165) is 37.5 Å². The summed E-state index contributed by atoms with van der Waals surface area (Å²) in [5.41, 5.74) is -0.727. The van der Waals surface area contributed by atoms with E-state index < -0.39 is 27.0 Å². The second-order valence-electron chi connectivity index (χ2n) is 5.45. The predicted octanol–water partition coefficient (Wildman–Crippen LogP) is 3.15. The zero-order valence-electron chi connectivity index (χ0n) is 13.7. The molecule has 1 unspecified atom stereocenters. The Morgan fingerprint density at radius 2 is 1.83 bits per heavy atom. The summed E-state index contributed by atoms with van der Waals surface area (Å²) in [5, 5.41) is 8.92. The minimum Gasteiger partial charge on any atom is -0.478 e. The van der Waals surface area contributed by atoms with Crippen molar-refractivity contribution < 1.29 is 32.4 Å². The number of carbonyl (C=O) groups excluding carboxylic acids is 1. The van der Waals surface area contributed by atoms with Crippen molar-refractivity contribution in [3.63, 3.8) is 0 Å². The number of hydrogen-bond donors (Lipinski definition) is 2. The van der Waals surface area contributed by atoms with E-state index in [4.69, 9.17) is 9.84 Å². The first-order valence-corrected chi connectivity index (χ1v) is 9.20. The van der Waals surface area contributed by atoms with Crippen molar-refractivity contribution in [2.24, 2.45) is 0 Å². The first kappa shape index (κ1) is 20.1. The molecule has 24 heavy (non-hydrogen) atoms. The van der Waals surface area contributed by atoms with E-state index in [9.17, 15) is 22.6 Å². The van der Waals surface area contributed by atoms with Gasteiger partial charge < -0.3 is 9.84 Å². The van der Waals surface area contributed by atoms with Gasteiger partial charge in [0.05, 0.1) is 11.1 Å². The number of carboxylic acid groups (broad SMARTS) is 1. The molecule has 1 rings (SSSR count). The molecule has 1 atom stereocenters. The number of carboxylic acids is 1. The van der Waals surface area contributed by atoms with E-state index in [1.165, 1.54) is 0 Å². The van der Waals surface area contributed by atoms with Gasteiger partial charge in [-0.25, -0.2) is 9.59 Å². The molecule has 0 spiro atoms. The van der Waals surface area contributed by atoms with Crippen molar-refractivity contribution in [3.05, 3.63) is 29.3 Å². The lowest BCUT2D eigenvalue weighted by Crippen LogP contribution is -2.20. The number of unbranched alkanes of at least 4 members (excludes halogenated alkanes) is 1. The summed E-state index contributed by atoms with van der Waals surface area (Å²) in [6.45, 7) is 3.95. The largest absolute Gasteiger partial charge is 0.478 e. The van der Waals surface area contributed by atoms with Crippen molar-refractivity contribution in [3.8, 4) is 0 Å². The van der Waals surface area contributed by atoms with E-state index >= 15 is 0 Å². The molecule has 0 amide bonds. The summed E-state index contributed by atoms with van der Waals surface area (Å²) in [4.78, 5) is 22.5. The lowest BCUT2D eigenvalue weighted by atomic mass is 10.1. The van der Waals surface area contributed by atoms with Gasteiger partial charge in [-0.1, -0.05) is 33.1 Å². The second-order valence-corrected chi connectivity index (χ2v) is 6.84. The van der Waals surface area contributed by atoms with Gasteiger partial charge in [-0.2, -0.15) is 8.42 Å². The Morgan fingerprint density at radius 1 is 1.17 bits per heavy atom. The highest BCUT2D eigenvalue weighted by Gasteiger charge is 2.25. The number of rotatable bonds is 9. The van der Waals surface area contributed by atoms with Crippen LogP contribution in [-0.4, -0.2) is 36.1 Å². The maximum absolute atomic E-state index is 12.3. The third kappa shape index (κ3) is 5.61. The van der Waals surface area contributed by atoms with Crippen LogP contribution in [0.1, 0.15) is 66.7 Å². The van der Waals surface area contributed by atoms with Gasteiger partial charge >= 0.3 is 11.9 Å². The zero-order valence-corrected chi connectivity index (χ0v) is 14.5. The molecule has 0 aliphatic heterocycles. The third-order valence-corrected chi connectivity index (χ3v) is 4.38. The van der Waals surface area contributed by atoms with Crippen LogP contribution in [-0.2, 0) is 14.9 Å². The maximum Gasteiger partial charge on any atom is 0.339 e. The minimum absolute atomic E-state index is 0.351. The summed E-state index contributed by atoms with van der Waals surface area (Å²) < 4.78 is 37.6. The molecular formula is C16H22O7S. The van der Waals surface area contributed by atoms with Gasteiger partial charge in [-0.3, -0.25) is 4.55 Å². The average Bonchev–Trinajstić information content (AvgIpc) is 2.51. The van der Waals surface area contributed by atoms with Crippen LogP contribution in [0.4, 0.5) is 0 Å². The molecule has 7 nitrogen and oxygen atoms in total. The van der Waals surface area contributed by atoms with Crippen molar-refractivity contribution in [1.29, 1.82) is 0 Å². The molecule has 0 aliphatic rings. The first-order valence-electron chi connectivity index (χ1n) is 7.76. The third-order valence-electron chi connectivity index (χ3n) is 3.49. The monoisotopic (exact) mass is 358 g/mol. The molecule has 8 heteroatoms. The van der Waals surface area contributed by atoms with Crippen LogP contribution >= 0.6 is 0 Å². The van der Waals surface area contributed by atoms with Gasteiger partial charge in [0, 0.05) is 0 Å². The van der Waals surface area contributed by atoms with E-state index in [1.54, 1.807) is 0 Å². The number of benzene rings is 1. The van der Waals surface area contributed by atoms with Crippen molar-refractivity contribution in [2.75, 3.05) is 0 Å². The molecule has 0 saturated heterocycles. The second kappa shape index (κ2) is 8.79. The zero-order chi connectivity index (χ0) is 18.3. The summed E-state index contributed by atoms with van der Waals surface area (Å²) in [6.07, 6.45) is 3.54. The molecule has 0 aliphatic carbocycles. The fourth-order valence-electron chi connectivity index (χ4n) is 2.27. The molecule has 0 saturated carbocycles. The lowest BCUT2D eigenvalue weighted by Gasteiger charge is -2.18. The van der Waals surface area contributed by atoms with Gasteiger partial charge in [-0.05, 0) is 31.0 Å². The normalized spacial score (nSPS) is 12.6. The highest BCUT2D eigenvalue weighted by atomic mass is 32.2. The van der Waals surface area contributed by atoms with Crippen molar-refractivity contribution >= 4 is 22.1 Å². The molecule has 134 valence electrons. The standard InChI is InChI=1S/C16H22O7S/c1-3-5-7-12(6-4-2)23-16(19)13-9-8-11(15(17)18)10-14(13)24(20,21)22/h8-10,12H,3-7H2,1-2H3,(H,17,18)(H,20,21,22). The molecule has 0 heterocycles. The summed E-state index contributed by atoms with van der Waals surface area (Å²) in [5.74, 6) is -2.26. The fourth-order valence-corrected chi connectivity index (χ4v) is 2.97. The van der Waals surface area contributed by atoms with E-state index in [1.807, 2.05) is 13.8 Å². The topological polar surface area (TPSA) is 118 Å². The smallest absolute Gasteiger partial charge is 0.339 e. The lowest BCUT2D eigenvalue weighted by molar-refractivity contribution is 0.0249. The quantitative estimate of drug-likeness (QED) is 0.514. The molecule has 0 bridgehead atoms. The van der Waals surface area contributed by atoms with Gasteiger partial charge in [0.1, 0.15) is 11.0 Å². The molecule has 2 N–H and O–H groups in total. The summed E-state index contributed by atoms with van der Waals surface area (Å²) >= 11 is 0. The van der Waals surface area contributed by atoms with E-state index in [2.05, 4.69) is 0 Å². The van der Waals surface area contributed by atoms with Crippen molar-refractivity contribution in [2.45, 2.75) is 57.0 Å². The molecule has 1 aromatic rings. The number of esters is 1. The highest BCUT2D eigenvalue weighted by molar-refractivity contribution is 7.86. The van der Waals surface area contributed by atoms with Crippen LogP contribution in [0.15, 0.2) is 23.1 Å². The summed E-state index contributed by atoms with van der Waals surface area (Å²) in [7, 11) is -4.76. The van der Waals surface area contributed by atoms with Crippen LogP contribution in [0.3, 0.4) is 0 Å². The Labute approximate surface area is 141 Å². The van der Waals surface area contributed by atoms with Crippen LogP contribution in [0.25, 0.3) is 0 Å². The molecule has 1 aromatic carbocycles. The van der Waals surface area contributed by atoms with Gasteiger partial charge in [0.15, 0.2) is 0 Å². The van der Waals surface area contributed by atoms with E-state index in [-0.39, 0.29) is 17.2 Å². The Morgan fingerprint density at radius 3 is 2.33 bits per heavy atom. The Hall–Kier alpha value is -1.93. The van der Waals surface area contributed by atoms with Crippen LogP contribution in [0.5, 0.6) is 0 Å². The van der Waals surface area contributed by atoms with Gasteiger partial charge in [0.25, 0.3) is 10.1 Å². The Bertz CT molecular complexity index is 694. The number of ether oxygens (including phenoxy) is 1. The van der Waals surface area contributed by atoms with Crippen molar-refractivity contribution in [1.82, 2.24) is 0 Å². The number of hydrogen-bond acceptors (Lipinski definition) is 5. The molecule has 0 aromatic heterocycles. The van der Waals surface area contributed by atoms with Crippen LogP contribution < -0.4 is 0 Å². The van der Waals surface area contributed by atoms with Gasteiger partial charge in [0.2, 0.25) is 0 Å². The first-order chi connectivity index (χ1) is 11.2. The van der Waals surface area contributed by atoms with Gasteiger partial charge in [-0.15, -0.1) is 0 Å². The Balaban J connectivity index is 3.15. The van der Waals surface area contributed by atoms with E-state index in [0.29, 0.717) is 12.8 Å². The number of aromatic carboxylic acids is 1. The summed E-state index contributed by atoms with van der Waals surface area (Å²) in [6, 6.07) is 2.88. The van der Waals surface area contributed by atoms with Crippen LogP contribution in [0, 0.1) is 0 Å². The van der Waals surface area contributed by atoms with Crippen LogP contribution in [0.2, 0.25) is 0 Å². The highest BCUT2D eigenvalue weighted by Crippen LogP contribution is 2.21. The molecular weight excluding hydrogens is 336 g/mol. The SMILES string of the molecule is CCCCC(CCC)OC(=O)c1ccc(C(=O)O)cc1S(=O)(=O)O. The minimum atomic E-state index is -4.76. The maximum atomic E-state index is 12.3. The fraction of sp³-hybridized carbons (Fsp3) is 0.500. The predicted molar refractivity (Wildman–Crippen MR) is 86.9 cm³/mol. The Kier molecular flexibility index (Phi) is 7.37. The number of carbonyl (C=O) groups is 2. The average molecular weight is 358 g/mol. The molecule has 0 fully saturated rings. The molecule has 0 radical (unpaired) electrons.